The summed E-state index contributed by atoms with van der Waals surface area (Å²) in [7, 11) is 1.25. The van der Waals surface area contributed by atoms with Crippen LogP contribution in [-0.4, -0.2) is 41.9 Å². The van der Waals surface area contributed by atoms with Crippen LogP contribution in [-0.2, 0) is 10.9 Å². The number of H-pyrrole nitrogens is 1. The average Bonchev–Trinajstić information content (AvgIpc) is 3.21. The summed E-state index contributed by atoms with van der Waals surface area (Å²) >= 11 is 0. The predicted molar refractivity (Wildman–Crippen MR) is 110 cm³/mol. The van der Waals surface area contributed by atoms with Crippen LogP contribution in [0.1, 0.15) is 5.56 Å². The highest BCUT2D eigenvalue weighted by Crippen LogP contribution is 2.40. The van der Waals surface area contributed by atoms with Crippen molar-refractivity contribution < 1.29 is 40.6 Å². The molecule has 34 heavy (non-hydrogen) atoms. The van der Waals surface area contributed by atoms with E-state index in [1.165, 1.54) is 7.11 Å². The number of rotatable bonds is 8. The number of alkyl halides is 4. The zero-order chi connectivity index (χ0) is 25.1. The molecule has 13 heteroatoms. The summed E-state index contributed by atoms with van der Waals surface area (Å²) in [5, 5.41) is 3.77. The van der Waals surface area contributed by atoms with Gasteiger partial charge in [0.15, 0.2) is 23.1 Å². The number of aromatic amines is 1. The Labute approximate surface area is 188 Å². The van der Waals surface area contributed by atoms with Crippen molar-refractivity contribution in [1.82, 2.24) is 15.3 Å². The monoisotopic (exact) mass is 488 g/mol. The number of hydrogen-bond acceptors (Lipinski definition) is 4. The molecule has 0 aliphatic rings. The first-order valence-corrected chi connectivity index (χ1v) is 9.54. The van der Waals surface area contributed by atoms with Crippen molar-refractivity contribution in [1.29, 1.82) is 0 Å². The number of anilines is 1. The lowest BCUT2D eigenvalue weighted by molar-refractivity contribution is -0.136. The molecule has 3 rings (SSSR count). The van der Waals surface area contributed by atoms with Crippen molar-refractivity contribution >= 4 is 22.8 Å². The summed E-state index contributed by atoms with van der Waals surface area (Å²) < 4.78 is 93.1. The molecule has 7 nitrogen and oxygen atoms in total. The third kappa shape index (κ3) is 5.42. The van der Waals surface area contributed by atoms with Gasteiger partial charge in [0.25, 0.3) is 0 Å². The second-order valence-electron chi connectivity index (χ2n) is 7.08. The van der Waals surface area contributed by atoms with E-state index in [0.717, 1.165) is 18.3 Å². The molecule has 0 fully saturated rings. The fourth-order valence-corrected chi connectivity index (χ4v) is 3.00. The molecule has 0 spiro atoms. The van der Waals surface area contributed by atoms with E-state index in [9.17, 15) is 31.1 Å². The molecule has 1 unspecified atom stereocenters. The predicted octanol–water partition coefficient (Wildman–Crippen LogP) is 5.31. The van der Waals surface area contributed by atoms with Crippen LogP contribution in [0.2, 0.25) is 0 Å². The topological polar surface area (TPSA) is 88.3 Å². The minimum Gasteiger partial charge on any atom is -0.450 e. The number of halogens is 6. The molecule has 0 aliphatic heterocycles. The molecular formula is C21H18F6N4O3. The number of carbonyl (C=O) groups is 1. The SMILES string of the molecule is C=CC(F)(CNC(=O)Nc1cc(F)c(Oc2ccnc3[nH]cc(C(F)(F)F)c23)c(F)c1)COC. The van der Waals surface area contributed by atoms with E-state index in [0.29, 0.717) is 18.3 Å². The van der Waals surface area contributed by atoms with E-state index in [1.807, 2.05) is 0 Å². The van der Waals surface area contributed by atoms with Crippen molar-refractivity contribution in [3.8, 4) is 11.5 Å². The van der Waals surface area contributed by atoms with Gasteiger partial charge < -0.3 is 25.1 Å². The maximum atomic E-state index is 14.6. The summed E-state index contributed by atoms with van der Waals surface area (Å²) in [6, 6.07) is 1.41. The van der Waals surface area contributed by atoms with Gasteiger partial charge in [0, 0.05) is 37.3 Å². The Kier molecular flexibility index (Phi) is 7.05. The van der Waals surface area contributed by atoms with Crippen LogP contribution in [0.4, 0.5) is 36.8 Å². The van der Waals surface area contributed by atoms with Gasteiger partial charge in [-0.05, 0) is 6.07 Å². The maximum absolute atomic E-state index is 14.6. The second-order valence-corrected chi connectivity index (χ2v) is 7.08. The lowest BCUT2D eigenvalue weighted by atomic mass is 10.1. The summed E-state index contributed by atoms with van der Waals surface area (Å²) in [5.41, 5.74) is -3.74. The molecule has 0 bridgehead atoms. The van der Waals surface area contributed by atoms with E-state index in [2.05, 4.69) is 27.2 Å². The van der Waals surface area contributed by atoms with Crippen LogP contribution in [0.3, 0.4) is 0 Å². The highest BCUT2D eigenvalue weighted by atomic mass is 19.4. The molecule has 0 aliphatic carbocycles. The number of nitrogens with zero attached hydrogens (tertiary/aromatic N) is 1. The fraction of sp³-hybridized carbons (Fsp3) is 0.238. The first-order valence-electron chi connectivity index (χ1n) is 9.54. The van der Waals surface area contributed by atoms with Crippen molar-refractivity contribution in [2.24, 2.45) is 0 Å². The fourth-order valence-electron chi connectivity index (χ4n) is 3.00. The standard InChI is InChI=1S/C21H18F6N4O3/c1-3-20(24,10-33-2)9-30-19(32)31-11-6-13(22)17(14(23)7-11)34-15-4-5-28-18-16(15)12(8-29-18)21(25,26)27/h3-8H,1,9-10H2,2H3,(H,28,29)(H2,30,31,32). The maximum Gasteiger partial charge on any atom is 0.418 e. The number of carbonyl (C=O) groups excluding carboxylic acids is 1. The van der Waals surface area contributed by atoms with Gasteiger partial charge in [-0.15, -0.1) is 0 Å². The largest absolute Gasteiger partial charge is 0.450 e. The Morgan fingerprint density at radius 1 is 1.24 bits per heavy atom. The van der Waals surface area contributed by atoms with Crippen molar-refractivity contribution in [3.05, 3.63) is 60.4 Å². The van der Waals surface area contributed by atoms with Gasteiger partial charge in [0.2, 0.25) is 0 Å². The van der Waals surface area contributed by atoms with Gasteiger partial charge in [0.05, 0.1) is 24.1 Å². The highest BCUT2D eigenvalue weighted by molar-refractivity contribution is 5.89. The van der Waals surface area contributed by atoms with Crippen molar-refractivity contribution in [3.63, 3.8) is 0 Å². The smallest absolute Gasteiger partial charge is 0.418 e. The Morgan fingerprint density at radius 2 is 1.91 bits per heavy atom. The van der Waals surface area contributed by atoms with E-state index < -0.39 is 58.5 Å². The Balaban J connectivity index is 1.80. The second kappa shape index (κ2) is 9.63. The number of fused-ring (bicyclic) bond motifs is 1. The van der Waals surface area contributed by atoms with E-state index in [1.54, 1.807) is 0 Å². The van der Waals surface area contributed by atoms with Gasteiger partial charge in [-0.1, -0.05) is 12.7 Å². The normalized spacial score (nSPS) is 13.4. The zero-order valence-corrected chi connectivity index (χ0v) is 17.5. The Hall–Kier alpha value is -3.74. The zero-order valence-electron chi connectivity index (χ0n) is 17.5. The van der Waals surface area contributed by atoms with Crippen LogP contribution in [0, 0.1) is 11.6 Å². The number of pyridine rings is 1. The van der Waals surface area contributed by atoms with Crippen LogP contribution in [0.15, 0.2) is 43.2 Å². The minimum absolute atomic E-state index is 0.197. The van der Waals surface area contributed by atoms with Crippen molar-refractivity contribution in [2.75, 3.05) is 25.6 Å². The molecule has 3 aromatic rings. The number of ether oxygens (including phenoxy) is 2. The van der Waals surface area contributed by atoms with Gasteiger partial charge >= 0.3 is 12.2 Å². The molecule has 2 aromatic heterocycles. The first kappa shape index (κ1) is 24.9. The van der Waals surface area contributed by atoms with E-state index >= 15 is 0 Å². The van der Waals surface area contributed by atoms with Crippen LogP contribution in [0.5, 0.6) is 11.5 Å². The van der Waals surface area contributed by atoms with E-state index in [4.69, 9.17) is 9.47 Å². The molecule has 0 saturated carbocycles. The number of urea groups is 1. The molecule has 182 valence electrons. The first-order chi connectivity index (χ1) is 16.0. The lowest BCUT2D eigenvalue weighted by Crippen LogP contribution is -2.42. The average molecular weight is 488 g/mol. The summed E-state index contributed by atoms with van der Waals surface area (Å²) in [5.74, 6) is -4.11. The molecule has 1 aromatic carbocycles. The number of amides is 2. The molecular weight excluding hydrogens is 470 g/mol. The molecule has 0 saturated heterocycles. The third-order valence-electron chi connectivity index (χ3n) is 4.60. The molecule has 2 amide bonds. The molecule has 1 atom stereocenters. The molecule has 2 heterocycles. The van der Waals surface area contributed by atoms with E-state index in [-0.39, 0.29) is 17.9 Å². The quantitative estimate of drug-likeness (QED) is 0.296. The number of methoxy groups -OCH3 is 1. The number of benzene rings is 1. The lowest BCUT2D eigenvalue weighted by Gasteiger charge is -2.21. The summed E-state index contributed by atoms with van der Waals surface area (Å²) in [6.07, 6.45) is -2.08. The number of nitrogens with one attached hydrogen (secondary N) is 3. The van der Waals surface area contributed by atoms with Gasteiger partial charge in [-0.2, -0.15) is 13.2 Å². The number of hydrogen-bond donors (Lipinski definition) is 3. The summed E-state index contributed by atoms with van der Waals surface area (Å²) in [4.78, 5) is 18.0. The van der Waals surface area contributed by atoms with Gasteiger partial charge in [-0.25, -0.2) is 22.9 Å². The Bertz CT molecular complexity index is 1190. The van der Waals surface area contributed by atoms with Gasteiger partial charge in [-0.3, -0.25) is 0 Å². The van der Waals surface area contributed by atoms with Gasteiger partial charge in [0.1, 0.15) is 11.4 Å². The van der Waals surface area contributed by atoms with Crippen LogP contribution >= 0.6 is 0 Å². The number of aromatic nitrogens is 2. The minimum atomic E-state index is -4.77. The van der Waals surface area contributed by atoms with Crippen LogP contribution < -0.4 is 15.4 Å². The van der Waals surface area contributed by atoms with Crippen molar-refractivity contribution in [2.45, 2.75) is 11.8 Å². The molecule has 0 radical (unpaired) electrons. The Morgan fingerprint density at radius 3 is 2.50 bits per heavy atom. The highest BCUT2D eigenvalue weighted by Gasteiger charge is 2.35. The van der Waals surface area contributed by atoms with Crippen LogP contribution in [0.25, 0.3) is 11.0 Å². The summed E-state index contributed by atoms with van der Waals surface area (Å²) in [6.45, 7) is 2.39. The molecule has 3 N–H and O–H groups in total. The third-order valence-corrected chi connectivity index (χ3v) is 4.60.